The smallest absolute Gasteiger partial charge is 0.184 e. The Morgan fingerprint density at radius 1 is 1.14 bits per heavy atom. The van der Waals surface area contributed by atoms with E-state index in [0.717, 1.165) is 19.3 Å². The number of nitriles is 2. The second kappa shape index (κ2) is 6.74. The van der Waals surface area contributed by atoms with Gasteiger partial charge in [0.25, 0.3) is 0 Å². The second-order valence-corrected chi connectivity index (χ2v) is 8.17. The summed E-state index contributed by atoms with van der Waals surface area (Å²) in [5, 5.41) is 18.2. The van der Waals surface area contributed by atoms with Gasteiger partial charge in [-0.15, -0.1) is 0 Å². The molecule has 0 aliphatic heterocycles. The third-order valence-electron chi connectivity index (χ3n) is 3.66. The fourth-order valence-electron chi connectivity index (χ4n) is 2.20. The van der Waals surface area contributed by atoms with Crippen molar-refractivity contribution in [1.29, 1.82) is 10.5 Å². The molecular formula is C16H20N2O2S. The van der Waals surface area contributed by atoms with Crippen LogP contribution in [0.2, 0.25) is 0 Å². The van der Waals surface area contributed by atoms with Gasteiger partial charge in [-0.25, -0.2) is 8.42 Å². The lowest BCUT2D eigenvalue weighted by atomic mass is 10.0. The van der Waals surface area contributed by atoms with Crippen LogP contribution < -0.4 is 0 Å². The lowest BCUT2D eigenvalue weighted by Crippen LogP contribution is -2.32. The van der Waals surface area contributed by atoms with Gasteiger partial charge in [-0.05, 0) is 32.4 Å². The average molecular weight is 304 g/mol. The summed E-state index contributed by atoms with van der Waals surface area (Å²) in [7, 11) is -3.67. The molecule has 0 fully saturated rings. The molecule has 0 aliphatic carbocycles. The van der Waals surface area contributed by atoms with Crippen molar-refractivity contribution in [3.63, 3.8) is 0 Å². The van der Waals surface area contributed by atoms with E-state index in [-0.39, 0.29) is 16.0 Å². The van der Waals surface area contributed by atoms with E-state index in [1.807, 2.05) is 12.1 Å². The van der Waals surface area contributed by atoms with Gasteiger partial charge in [0.1, 0.15) is 12.1 Å². The van der Waals surface area contributed by atoms with Gasteiger partial charge < -0.3 is 0 Å². The third kappa shape index (κ3) is 3.43. The molecule has 0 spiro atoms. The van der Waals surface area contributed by atoms with Crippen molar-refractivity contribution in [2.24, 2.45) is 0 Å². The highest BCUT2D eigenvalue weighted by Crippen LogP contribution is 2.32. The molecule has 21 heavy (non-hydrogen) atoms. The Morgan fingerprint density at radius 2 is 1.81 bits per heavy atom. The van der Waals surface area contributed by atoms with E-state index in [2.05, 4.69) is 6.92 Å². The summed E-state index contributed by atoms with van der Waals surface area (Å²) in [5.74, 6) is 0. The molecule has 0 heterocycles. The van der Waals surface area contributed by atoms with E-state index in [0.29, 0.717) is 6.42 Å². The SMILES string of the molecule is CCCCCC(C)(C)S(=O)(=O)c1cccc(C#N)c1C#N. The molecule has 0 unspecified atom stereocenters. The first-order valence-corrected chi connectivity index (χ1v) is 8.48. The van der Waals surface area contributed by atoms with Crippen molar-refractivity contribution >= 4 is 9.84 Å². The summed E-state index contributed by atoms with van der Waals surface area (Å²) in [6.07, 6.45) is 3.35. The highest BCUT2D eigenvalue weighted by molar-refractivity contribution is 7.92. The Balaban J connectivity index is 3.33. The topological polar surface area (TPSA) is 81.7 Å². The van der Waals surface area contributed by atoms with Crippen molar-refractivity contribution in [1.82, 2.24) is 0 Å². The monoisotopic (exact) mass is 304 g/mol. The van der Waals surface area contributed by atoms with Crippen molar-refractivity contribution in [2.45, 2.75) is 56.1 Å². The second-order valence-electron chi connectivity index (χ2n) is 5.62. The first-order valence-electron chi connectivity index (χ1n) is 6.99. The molecule has 1 rings (SSSR count). The van der Waals surface area contributed by atoms with E-state index < -0.39 is 14.6 Å². The van der Waals surface area contributed by atoms with Crippen molar-refractivity contribution < 1.29 is 8.42 Å². The standard InChI is InChI=1S/C16H20N2O2S/c1-4-5-6-10-16(2,3)21(19,20)15-9-7-8-13(11-17)14(15)12-18/h7-9H,4-6,10H2,1-3H3. The van der Waals surface area contributed by atoms with Crippen LogP contribution >= 0.6 is 0 Å². The molecule has 1 aromatic carbocycles. The summed E-state index contributed by atoms with van der Waals surface area (Å²) < 4.78 is 24.7. The Kier molecular flexibility index (Phi) is 5.52. The Bertz CT molecular complexity index is 692. The lowest BCUT2D eigenvalue weighted by Gasteiger charge is -2.25. The third-order valence-corrected chi connectivity index (χ3v) is 6.24. The van der Waals surface area contributed by atoms with Crippen molar-refractivity contribution in [3.05, 3.63) is 29.3 Å². The zero-order valence-corrected chi connectivity index (χ0v) is 13.5. The molecule has 5 heteroatoms. The first kappa shape index (κ1) is 17.2. The maximum atomic E-state index is 12.8. The Hall–Kier alpha value is -1.85. The first-order chi connectivity index (χ1) is 9.81. The minimum atomic E-state index is -3.67. The van der Waals surface area contributed by atoms with Gasteiger partial charge >= 0.3 is 0 Å². The summed E-state index contributed by atoms with van der Waals surface area (Å²) in [6, 6.07) is 8.12. The van der Waals surface area contributed by atoms with Gasteiger partial charge in [0, 0.05) is 0 Å². The van der Waals surface area contributed by atoms with Crippen LogP contribution in [0.5, 0.6) is 0 Å². The van der Waals surface area contributed by atoms with Gasteiger partial charge in [0.05, 0.1) is 20.8 Å². The van der Waals surface area contributed by atoms with Crippen LogP contribution in [0.25, 0.3) is 0 Å². The van der Waals surface area contributed by atoms with Crippen molar-refractivity contribution in [2.75, 3.05) is 0 Å². The van der Waals surface area contributed by atoms with E-state index >= 15 is 0 Å². The van der Waals surface area contributed by atoms with Crippen LogP contribution in [0.1, 0.15) is 57.6 Å². The Labute approximate surface area is 126 Å². The minimum absolute atomic E-state index is 0.0365. The molecule has 0 aliphatic rings. The number of nitrogens with zero attached hydrogens (tertiary/aromatic N) is 2. The van der Waals surface area contributed by atoms with E-state index in [1.165, 1.54) is 18.2 Å². The van der Waals surface area contributed by atoms with Crippen LogP contribution in [0, 0.1) is 22.7 Å². The largest absolute Gasteiger partial charge is 0.223 e. The molecule has 0 radical (unpaired) electrons. The molecule has 4 nitrogen and oxygen atoms in total. The normalized spacial score (nSPS) is 11.7. The quantitative estimate of drug-likeness (QED) is 0.752. The maximum Gasteiger partial charge on any atom is 0.184 e. The summed E-state index contributed by atoms with van der Waals surface area (Å²) in [4.78, 5) is -0.0365. The molecule has 0 aromatic heterocycles. The van der Waals surface area contributed by atoms with Crippen molar-refractivity contribution in [3.8, 4) is 12.1 Å². The van der Waals surface area contributed by atoms with Crippen LogP contribution in [-0.4, -0.2) is 13.2 Å². The molecular weight excluding hydrogens is 284 g/mol. The molecule has 112 valence electrons. The van der Waals surface area contributed by atoms with Gasteiger partial charge in [0.15, 0.2) is 9.84 Å². The van der Waals surface area contributed by atoms with Gasteiger partial charge in [-0.3, -0.25) is 0 Å². The van der Waals surface area contributed by atoms with Crippen LogP contribution in [0.15, 0.2) is 23.1 Å². The number of hydrogen-bond donors (Lipinski definition) is 0. The molecule has 0 atom stereocenters. The minimum Gasteiger partial charge on any atom is -0.223 e. The molecule has 0 amide bonds. The van der Waals surface area contributed by atoms with Gasteiger partial charge in [0.2, 0.25) is 0 Å². The van der Waals surface area contributed by atoms with Crippen LogP contribution in [0.4, 0.5) is 0 Å². The highest BCUT2D eigenvalue weighted by atomic mass is 32.2. The van der Waals surface area contributed by atoms with E-state index in [1.54, 1.807) is 13.8 Å². The summed E-state index contributed by atoms with van der Waals surface area (Å²) in [5.41, 5.74) is 0.0477. The molecule has 0 N–H and O–H groups in total. The Morgan fingerprint density at radius 3 is 2.33 bits per heavy atom. The number of sulfone groups is 1. The lowest BCUT2D eigenvalue weighted by molar-refractivity contribution is 0.506. The van der Waals surface area contributed by atoms with E-state index in [4.69, 9.17) is 5.26 Å². The fourth-order valence-corrected chi connectivity index (χ4v) is 3.89. The molecule has 0 saturated carbocycles. The molecule has 0 saturated heterocycles. The van der Waals surface area contributed by atoms with Gasteiger partial charge in [-0.2, -0.15) is 10.5 Å². The maximum absolute atomic E-state index is 12.8. The number of unbranched alkanes of at least 4 members (excludes halogenated alkanes) is 2. The number of rotatable bonds is 6. The predicted octanol–water partition coefficient (Wildman–Crippen LogP) is 3.56. The number of hydrogen-bond acceptors (Lipinski definition) is 4. The van der Waals surface area contributed by atoms with Gasteiger partial charge in [-0.1, -0.05) is 32.3 Å². The van der Waals surface area contributed by atoms with Crippen LogP contribution in [-0.2, 0) is 9.84 Å². The summed E-state index contributed by atoms with van der Waals surface area (Å²) >= 11 is 0. The predicted molar refractivity (Wildman–Crippen MR) is 81.3 cm³/mol. The average Bonchev–Trinajstić information content (AvgIpc) is 2.46. The summed E-state index contributed by atoms with van der Waals surface area (Å²) in [6.45, 7) is 5.42. The highest BCUT2D eigenvalue weighted by Gasteiger charge is 2.37. The molecule has 0 bridgehead atoms. The zero-order chi connectivity index (χ0) is 16.1. The van der Waals surface area contributed by atoms with E-state index in [9.17, 15) is 13.7 Å². The zero-order valence-electron chi connectivity index (χ0n) is 12.7. The fraction of sp³-hybridized carbons (Fsp3) is 0.500. The van der Waals surface area contributed by atoms with Crippen LogP contribution in [0.3, 0.4) is 0 Å². The molecule has 1 aromatic rings. The number of benzene rings is 1.